The highest BCUT2D eigenvalue weighted by molar-refractivity contribution is 5.21. The summed E-state index contributed by atoms with van der Waals surface area (Å²) in [6.45, 7) is 5.84. The monoisotopic (exact) mass is 259 g/mol. The van der Waals surface area contributed by atoms with Crippen LogP contribution in [0.4, 0.5) is 0 Å². The highest BCUT2D eigenvalue weighted by atomic mass is 15.1. The van der Waals surface area contributed by atoms with Gasteiger partial charge in [-0.1, -0.05) is 18.6 Å². The molecule has 1 aromatic heterocycles. The summed E-state index contributed by atoms with van der Waals surface area (Å²) in [7, 11) is 0. The quantitative estimate of drug-likeness (QED) is 0.820. The van der Waals surface area contributed by atoms with Gasteiger partial charge in [-0.25, -0.2) is 0 Å². The first kappa shape index (κ1) is 12.9. The summed E-state index contributed by atoms with van der Waals surface area (Å²) < 4.78 is 0. The van der Waals surface area contributed by atoms with Gasteiger partial charge in [-0.15, -0.1) is 0 Å². The molecule has 0 aromatic carbocycles. The topological polar surface area (TPSA) is 40.7 Å². The Balaban J connectivity index is 1.56. The van der Waals surface area contributed by atoms with Crippen molar-refractivity contribution in [1.29, 1.82) is 0 Å². The summed E-state index contributed by atoms with van der Waals surface area (Å²) in [5.74, 6) is 1.56. The Morgan fingerprint density at radius 1 is 1.42 bits per heavy atom. The molecule has 0 spiro atoms. The third kappa shape index (κ3) is 2.76. The fourth-order valence-electron chi connectivity index (χ4n) is 3.62. The Morgan fingerprint density at radius 2 is 2.32 bits per heavy atom. The Morgan fingerprint density at radius 3 is 3.16 bits per heavy atom. The van der Waals surface area contributed by atoms with Gasteiger partial charge in [0.25, 0.3) is 0 Å². The Bertz CT molecular complexity index is 460. The van der Waals surface area contributed by atoms with Crippen LogP contribution in [0.5, 0.6) is 0 Å². The second-order valence-electron chi connectivity index (χ2n) is 6.33. The highest BCUT2D eigenvalue weighted by Gasteiger charge is 2.24. The molecule has 3 nitrogen and oxygen atoms in total. The average Bonchev–Trinajstić information content (AvgIpc) is 2.85. The number of hydrogen-bond acceptors (Lipinski definition) is 2. The predicted octanol–water partition coefficient (Wildman–Crippen LogP) is 2.85. The van der Waals surface area contributed by atoms with Crippen molar-refractivity contribution in [3.8, 4) is 0 Å². The number of aromatic amines is 1. The molecule has 2 N–H and O–H groups in total. The lowest BCUT2D eigenvalue weighted by atomic mass is 9.80. The number of aryl methyl sites for hydroxylation is 1. The van der Waals surface area contributed by atoms with Gasteiger partial charge in [-0.2, -0.15) is 5.10 Å². The zero-order valence-corrected chi connectivity index (χ0v) is 12.1. The van der Waals surface area contributed by atoms with Crippen LogP contribution in [0.15, 0.2) is 17.8 Å². The Kier molecular flexibility index (Phi) is 3.74. The lowest BCUT2D eigenvalue weighted by molar-refractivity contribution is 0.325. The van der Waals surface area contributed by atoms with E-state index in [1.165, 1.54) is 30.5 Å². The number of aromatic nitrogens is 2. The van der Waals surface area contributed by atoms with E-state index in [1.807, 2.05) is 6.20 Å². The molecular formula is C16H25N3. The number of allylic oxidation sites excluding steroid dienone is 1. The molecule has 1 aromatic rings. The van der Waals surface area contributed by atoms with Gasteiger partial charge in [-0.3, -0.25) is 5.10 Å². The molecule has 2 aliphatic rings. The summed E-state index contributed by atoms with van der Waals surface area (Å²) >= 11 is 0. The summed E-state index contributed by atoms with van der Waals surface area (Å²) in [4.78, 5) is 0. The van der Waals surface area contributed by atoms with E-state index in [9.17, 15) is 0 Å². The average molecular weight is 259 g/mol. The molecule has 0 saturated heterocycles. The maximum atomic E-state index is 4.15. The van der Waals surface area contributed by atoms with Crippen molar-refractivity contribution in [2.24, 2.45) is 11.8 Å². The number of H-pyrrole nitrogens is 1. The van der Waals surface area contributed by atoms with Crippen LogP contribution >= 0.6 is 0 Å². The Labute approximate surface area is 115 Å². The number of hydrogen-bond donors (Lipinski definition) is 2. The molecular weight excluding hydrogens is 234 g/mol. The summed E-state index contributed by atoms with van der Waals surface area (Å²) in [5.41, 5.74) is 4.35. The maximum absolute atomic E-state index is 4.15. The largest absolute Gasteiger partial charge is 0.313 e. The van der Waals surface area contributed by atoms with Crippen molar-refractivity contribution in [3.63, 3.8) is 0 Å². The van der Waals surface area contributed by atoms with Crippen molar-refractivity contribution >= 4 is 0 Å². The second kappa shape index (κ2) is 5.49. The first-order valence-corrected chi connectivity index (χ1v) is 7.65. The van der Waals surface area contributed by atoms with Gasteiger partial charge in [0.1, 0.15) is 0 Å². The molecule has 3 rings (SSSR count). The lowest BCUT2D eigenvalue weighted by Gasteiger charge is -2.31. The summed E-state index contributed by atoms with van der Waals surface area (Å²) in [6.07, 6.45) is 10.6. The van der Waals surface area contributed by atoms with E-state index in [-0.39, 0.29) is 0 Å². The third-order valence-electron chi connectivity index (χ3n) is 5.00. The van der Waals surface area contributed by atoms with Gasteiger partial charge in [0.15, 0.2) is 0 Å². The minimum atomic E-state index is 0.632. The highest BCUT2D eigenvalue weighted by Crippen LogP contribution is 2.30. The molecule has 0 saturated carbocycles. The molecule has 3 heteroatoms. The first-order chi connectivity index (χ1) is 9.24. The van der Waals surface area contributed by atoms with Crippen molar-refractivity contribution in [2.45, 2.75) is 52.0 Å². The van der Waals surface area contributed by atoms with Gasteiger partial charge < -0.3 is 5.32 Å². The zero-order valence-electron chi connectivity index (χ0n) is 12.1. The molecule has 0 radical (unpaired) electrons. The van der Waals surface area contributed by atoms with Crippen LogP contribution in [0.25, 0.3) is 0 Å². The summed E-state index contributed by atoms with van der Waals surface area (Å²) in [5, 5.41) is 11.1. The fraction of sp³-hybridized carbons (Fsp3) is 0.688. The number of rotatable bonds is 3. The molecule has 104 valence electrons. The van der Waals surface area contributed by atoms with E-state index in [0.29, 0.717) is 6.04 Å². The van der Waals surface area contributed by atoms with Crippen molar-refractivity contribution in [3.05, 3.63) is 29.1 Å². The normalized spacial score (nSPS) is 30.8. The predicted molar refractivity (Wildman–Crippen MR) is 78.0 cm³/mol. The SMILES string of the molecule is CC1=CCCC(C)C1CNC1CCc2[nH]ncc2C1. The van der Waals surface area contributed by atoms with Gasteiger partial charge in [0.2, 0.25) is 0 Å². The standard InChI is InChI=1S/C16H25N3/c1-11-4-3-5-12(2)15(11)10-17-14-6-7-16-13(8-14)9-18-19-16/h4,9,12,14-15,17H,3,5-8,10H2,1-2H3,(H,18,19). The summed E-state index contributed by atoms with van der Waals surface area (Å²) in [6, 6.07) is 0.632. The van der Waals surface area contributed by atoms with E-state index < -0.39 is 0 Å². The molecule has 2 aliphatic carbocycles. The van der Waals surface area contributed by atoms with Gasteiger partial charge in [0.05, 0.1) is 6.20 Å². The van der Waals surface area contributed by atoms with Crippen LogP contribution < -0.4 is 5.32 Å². The van der Waals surface area contributed by atoms with Crippen LogP contribution in [0.3, 0.4) is 0 Å². The van der Waals surface area contributed by atoms with Crippen LogP contribution in [0, 0.1) is 11.8 Å². The van der Waals surface area contributed by atoms with Gasteiger partial charge in [-0.05, 0) is 56.4 Å². The number of fused-ring (bicyclic) bond motifs is 1. The minimum absolute atomic E-state index is 0.632. The lowest BCUT2D eigenvalue weighted by Crippen LogP contribution is -2.39. The molecule has 0 fully saturated rings. The van der Waals surface area contributed by atoms with Gasteiger partial charge in [0, 0.05) is 18.3 Å². The van der Waals surface area contributed by atoms with Gasteiger partial charge >= 0.3 is 0 Å². The smallest absolute Gasteiger partial charge is 0.0522 e. The molecule has 0 bridgehead atoms. The zero-order chi connectivity index (χ0) is 13.2. The molecule has 19 heavy (non-hydrogen) atoms. The number of nitrogens with zero attached hydrogens (tertiary/aromatic N) is 1. The second-order valence-corrected chi connectivity index (χ2v) is 6.33. The minimum Gasteiger partial charge on any atom is -0.313 e. The molecule has 3 unspecified atom stereocenters. The van der Waals surface area contributed by atoms with Crippen molar-refractivity contribution < 1.29 is 0 Å². The molecule has 3 atom stereocenters. The Hall–Kier alpha value is -1.09. The van der Waals surface area contributed by atoms with E-state index in [1.54, 1.807) is 5.57 Å². The molecule has 1 heterocycles. The number of nitrogens with one attached hydrogen (secondary N) is 2. The van der Waals surface area contributed by atoms with Crippen LogP contribution in [-0.2, 0) is 12.8 Å². The first-order valence-electron chi connectivity index (χ1n) is 7.65. The van der Waals surface area contributed by atoms with Crippen molar-refractivity contribution in [1.82, 2.24) is 15.5 Å². The van der Waals surface area contributed by atoms with E-state index in [0.717, 1.165) is 31.2 Å². The maximum Gasteiger partial charge on any atom is 0.0522 e. The van der Waals surface area contributed by atoms with Crippen LogP contribution in [0.1, 0.15) is 44.4 Å². The van der Waals surface area contributed by atoms with Crippen LogP contribution in [0.2, 0.25) is 0 Å². The van der Waals surface area contributed by atoms with Crippen LogP contribution in [-0.4, -0.2) is 22.8 Å². The fourth-order valence-corrected chi connectivity index (χ4v) is 3.62. The van der Waals surface area contributed by atoms with E-state index in [2.05, 4.69) is 35.4 Å². The van der Waals surface area contributed by atoms with E-state index in [4.69, 9.17) is 0 Å². The molecule has 0 amide bonds. The molecule has 0 aliphatic heterocycles. The van der Waals surface area contributed by atoms with E-state index >= 15 is 0 Å². The van der Waals surface area contributed by atoms with Crippen molar-refractivity contribution in [2.75, 3.05) is 6.54 Å². The third-order valence-corrected chi connectivity index (χ3v) is 5.00.